The first-order valence-electron chi connectivity index (χ1n) is 7.07. The molecular formula is C15H21FN4O. The molecule has 1 N–H and O–H groups in total. The average Bonchev–Trinajstić information content (AvgIpc) is 2.92. The van der Waals surface area contributed by atoms with Crippen molar-refractivity contribution in [3.05, 3.63) is 41.7 Å². The smallest absolute Gasteiger partial charge is 0.138 e. The van der Waals surface area contributed by atoms with Gasteiger partial charge in [0.15, 0.2) is 0 Å². The lowest BCUT2D eigenvalue weighted by Crippen LogP contribution is -2.23. The van der Waals surface area contributed by atoms with Crippen molar-refractivity contribution in [1.82, 2.24) is 20.1 Å². The number of halogens is 1. The van der Waals surface area contributed by atoms with Gasteiger partial charge < -0.3 is 10.1 Å². The van der Waals surface area contributed by atoms with E-state index in [2.05, 4.69) is 22.3 Å². The van der Waals surface area contributed by atoms with E-state index in [0.29, 0.717) is 17.7 Å². The summed E-state index contributed by atoms with van der Waals surface area (Å²) in [5.41, 5.74) is 0.522. The Kier molecular flexibility index (Phi) is 5.27. The van der Waals surface area contributed by atoms with E-state index in [1.165, 1.54) is 12.4 Å². The monoisotopic (exact) mass is 292 g/mol. The Labute approximate surface area is 124 Å². The van der Waals surface area contributed by atoms with Gasteiger partial charge in [0.2, 0.25) is 0 Å². The van der Waals surface area contributed by atoms with Gasteiger partial charge in [0.1, 0.15) is 23.7 Å². The topological polar surface area (TPSA) is 52.0 Å². The Morgan fingerprint density at radius 1 is 1.43 bits per heavy atom. The third-order valence-corrected chi connectivity index (χ3v) is 3.45. The molecular weight excluding hydrogens is 271 g/mol. The first kappa shape index (κ1) is 15.4. The molecule has 0 radical (unpaired) electrons. The molecule has 21 heavy (non-hydrogen) atoms. The molecule has 1 aromatic heterocycles. The molecule has 6 heteroatoms. The van der Waals surface area contributed by atoms with Gasteiger partial charge in [-0.1, -0.05) is 13.0 Å². The molecule has 0 aliphatic rings. The Morgan fingerprint density at radius 2 is 2.24 bits per heavy atom. The highest BCUT2D eigenvalue weighted by Gasteiger charge is 2.21. The lowest BCUT2D eigenvalue weighted by atomic mass is 10.0. The van der Waals surface area contributed by atoms with Crippen LogP contribution >= 0.6 is 0 Å². The highest BCUT2D eigenvalue weighted by molar-refractivity contribution is 5.37. The Bertz CT molecular complexity index is 585. The van der Waals surface area contributed by atoms with E-state index >= 15 is 0 Å². The SMILES string of the molecule is CCCn1ncnc1CC(NC)c1c(F)cccc1OC. The minimum absolute atomic E-state index is 0.221. The summed E-state index contributed by atoms with van der Waals surface area (Å²) in [7, 11) is 3.35. The summed E-state index contributed by atoms with van der Waals surface area (Å²) < 4.78 is 21.3. The maximum absolute atomic E-state index is 14.2. The summed E-state index contributed by atoms with van der Waals surface area (Å²) in [6.07, 6.45) is 3.06. The van der Waals surface area contributed by atoms with Crippen LogP contribution in [0.15, 0.2) is 24.5 Å². The molecule has 0 saturated heterocycles. The summed E-state index contributed by atoms with van der Waals surface area (Å²) in [4.78, 5) is 4.28. The first-order valence-corrected chi connectivity index (χ1v) is 7.07. The Morgan fingerprint density at radius 3 is 2.90 bits per heavy atom. The molecule has 2 rings (SSSR count). The van der Waals surface area contributed by atoms with Crippen molar-refractivity contribution in [3.63, 3.8) is 0 Å². The Balaban J connectivity index is 2.30. The van der Waals surface area contributed by atoms with Crippen LogP contribution in [0.1, 0.15) is 30.8 Å². The largest absolute Gasteiger partial charge is 0.496 e. The average molecular weight is 292 g/mol. The fourth-order valence-corrected chi connectivity index (χ4v) is 2.41. The van der Waals surface area contributed by atoms with Crippen LogP contribution in [0.5, 0.6) is 5.75 Å². The molecule has 0 spiro atoms. The van der Waals surface area contributed by atoms with Crippen molar-refractivity contribution in [1.29, 1.82) is 0 Å². The number of rotatable bonds is 7. The molecule has 0 bridgehead atoms. The number of ether oxygens (including phenoxy) is 1. The normalized spacial score (nSPS) is 12.4. The van der Waals surface area contributed by atoms with Gasteiger partial charge in [0, 0.05) is 24.6 Å². The molecule has 1 aromatic carbocycles. The minimum atomic E-state index is -0.282. The quantitative estimate of drug-likeness (QED) is 0.851. The molecule has 114 valence electrons. The van der Waals surface area contributed by atoms with Crippen LogP contribution in [-0.4, -0.2) is 28.9 Å². The Hall–Kier alpha value is -1.95. The van der Waals surface area contributed by atoms with Crippen molar-refractivity contribution in [2.24, 2.45) is 0 Å². The summed E-state index contributed by atoms with van der Waals surface area (Å²) in [6, 6.07) is 4.63. The van der Waals surface area contributed by atoms with Gasteiger partial charge in [0.25, 0.3) is 0 Å². The van der Waals surface area contributed by atoms with Gasteiger partial charge in [-0.3, -0.25) is 4.68 Å². The number of nitrogens with zero attached hydrogens (tertiary/aromatic N) is 3. The highest BCUT2D eigenvalue weighted by atomic mass is 19.1. The van der Waals surface area contributed by atoms with E-state index in [9.17, 15) is 4.39 Å². The zero-order chi connectivity index (χ0) is 15.2. The number of nitrogens with one attached hydrogen (secondary N) is 1. The number of benzene rings is 1. The molecule has 0 fully saturated rings. The van der Waals surface area contributed by atoms with Crippen LogP contribution < -0.4 is 10.1 Å². The molecule has 0 aliphatic heterocycles. The van der Waals surface area contributed by atoms with Crippen molar-refractivity contribution in [3.8, 4) is 5.75 Å². The van der Waals surface area contributed by atoms with Gasteiger partial charge >= 0.3 is 0 Å². The van der Waals surface area contributed by atoms with Gasteiger partial charge in [-0.15, -0.1) is 0 Å². The predicted molar refractivity (Wildman–Crippen MR) is 78.8 cm³/mol. The zero-order valence-corrected chi connectivity index (χ0v) is 12.6. The first-order chi connectivity index (χ1) is 10.2. The summed E-state index contributed by atoms with van der Waals surface area (Å²) in [5.74, 6) is 1.09. The molecule has 2 aromatic rings. The molecule has 1 heterocycles. The van der Waals surface area contributed by atoms with Crippen molar-refractivity contribution in [2.75, 3.05) is 14.2 Å². The van der Waals surface area contributed by atoms with Crippen LogP contribution in [0.3, 0.4) is 0 Å². The van der Waals surface area contributed by atoms with Crippen LogP contribution in [0.4, 0.5) is 4.39 Å². The molecule has 0 saturated carbocycles. The van der Waals surface area contributed by atoms with E-state index < -0.39 is 0 Å². The number of hydrogen-bond donors (Lipinski definition) is 1. The van der Waals surface area contributed by atoms with Crippen LogP contribution in [0.2, 0.25) is 0 Å². The third kappa shape index (κ3) is 3.39. The van der Waals surface area contributed by atoms with E-state index in [1.807, 2.05) is 4.68 Å². The third-order valence-electron chi connectivity index (χ3n) is 3.45. The number of aryl methyl sites for hydroxylation is 1. The number of hydrogen-bond acceptors (Lipinski definition) is 4. The maximum atomic E-state index is 14.2. The van der Waals surface area contributed by atoms with Crippen LogP contribution in [-0.2, 0) is 13.0 Å². The second kappa shape index (κ2) is 7.17. The van der Waals surface area contributed by atoms with Crippen molar-refractivity contribution >= 4 is 0 Å². The summed E-state index contributed by atoms with van der Waals surface area (Å²) in [5, 5.41) is 7.35. The molecule has 1 atom stereocenters. The number of likely N-dealkylation sites (N-methyl/N-ethyl adjacent to an activating group) is 1. The highest BCUT2D eigenvalue weighted by Crippen LogP contribution is 2.29. The lowest BCUT2D eigenvalue weighted by molar-refractivity contribution is 0.391. The van der Waals surface area contributed by atoms with E-state index in [0.717, 1.165) is 18.8 Å². The van der Waals surface area contributed by atoms with Gasteiger partial charge in [-0.05, 0) is 25.6 Å². The van der Waals surface area contributed by atoms with Crippen molar-refractivity contribution < 1.29 is 9.13 Å². The van der Waals surface area contributed by atoms with E-state index in [1.54, 1.807) is 26.3 Å². The predicted octanol–water partition coefficient (Wildman–Crippen LogP) is 2.34. The van der Waals surface area contributed by atoms with Gasteiger partial charge in [-0.2, -0.15) is 5.10 Å². The standard InChI is InChI=1S/C15H21FN4O/c1-4-8-20-14(18-10-19-20)9-12(17-2)15-11(16)6-5-7-13(15)21-3/h5-7,10,12,17H,4,8-9H2,1-3H3. The van der Waals surface area contributed by atoms with E-state index in [4.69, 9.17) is 4.74 Å². The summed E-state index contributed by atoms with van der Waals surface area (Å²) in [6.45, 7) is 2.89. The molecule has 0 aliphatic carbocycles. The number of methoxy groups -OCH3 is 1. The molecule has 0 amide bonds. The molecule has 5 nitrogen and oxygen atoms in total. The fraction of sp³-hybridized carbons (Fsp3) is 0.467. The van der Waals surface area contributed by atoms with E-state index in [-0.39, 0.29) is 11.9 Å². The second-order valence-electron chi connectivity index (χ2n) is 4.80. The summed E-state index contributed by atoms with van der Waals surface area (Å²) >= 11 is 0. The lowest BCUT2D eigenvalue weighted by Gasteiger charge is -2.20. The number of aromatic nitrogens is 3. The fourth-order valence-electron chi connectivity index (χ4n) is 2.41. The second-order valence-corrected chi connectivity index (χ2v) is 4.80. The zero-order valence-electron chi connectivity index (χ0n) is 12.6. The van der Waals surface area contributed by atoms with Crippen LogP contribution in [0, 0.1) is 5.82 Å². The van der Waals surface area contributed by atoms with Crippen molar-refractivity contribution in [2.45, 2.75) is 32.4 Å². The maximum Gasteiger partial charge on any atom is 0.138 e. The van der Waals surface area contributed by atoms with Crippen LogP contribution in [0.25, 0.3) is 0 Å². The molecule has 1 unspecified atom stereocenters. The van der Waals surface area contributed by atoms with Gasteiger partial charge in [-0.25, -0.2) is 9.37 Å². The minimum Gasteiger partial charge on any atom is -0.496 e. The van der Waals surface area contributed by atoms with Gasteiger partial charge in [0.05, 0.1) is 7.11 Å².